The molecule has 1 amide bonds. The average Bonchev–Trinajstić information content (AvgIpc) is 2.57. The van der Waals surface area contributed by atoms with Gasteiger partial charge in [-0.2, -0.15) is 11.8 Å². The molecular formula is C15H30N2OS. The van der Waals surface area contributed by atoms with E-state index < -0.39 is 0 Å². The van der Waals surface area contributed by atoms with E-state index in [9.17, 15) is 4.79 Å². The molecule has 1 N–H and O–H groups in total. The zero-order valence-electron chi connectivity index (χ0n) is 13.3. The van der Waals surface area contributed by atoms with Gasteiger partial charge >= 0.3 is 0 Å². The minimum atomic E-state index is 0.0221. The Labute approximate surface area is 122 Å². The van der Waals surface area contributed by atoms with Gasteiger partial charge in [-0.1, -0.05) is 34.6 Å². The monoisotopic (exact) mass is 286 g/mol. The van der Waals surface area contributed by atoms with E-state index in [-0.39, 0.29) is 12.2 Å². The second-order valence-corrected chi connectivity index (χ2v) is 7.50. The number of rotatable bonds is 7. The summed E-state index contributed by atoms with van der Waals surface area (Å²) in [5, 5.41) is 3.54. The smallest absolute Gasteiger partial charge is 0.241 e. The topological polar surface area (TPSA) is 32.3 Å². The first-order valence-corrected chi connectivity index (χ1v) is 8.81. The minimum absolute atomic E-state index is 0.0221. The third kappa shape index (κ3) is 4.67. The lowest BCUT2D eigenvalue weighted by atomic mass is 10.0. The van der Waals surface area contributed by atoms with E-state index in [0.717, 1.165) is 18.7 Å². The molecule has 1 fully saturated rings. The van der Waals surface area contributed by atoms with Crippen LogP contribution in [0.15, 0.2) is 0 Å². The first kappa shape index (κ1) is 16.8. The molecule has 0 spiro atoms. The van der Waals surface area contributed by atoms with Crippen LogP contribution >= 0.6 is 11.8 Å². The minimum Gasteiger partial charge on any atom is -0.325 e. The molecule has 0 aromatic carbocycles. The first-order valence-electron chi connectivity index (χ1n) is 7.42. The van der Waals surface area contributed by atoms with Gasteiger partial charge in [0.25, 0.3) is 0 Å². The Bertz CT molecular complexity index is 294. The van der Waals surface area contributed by atoms with E-state index in [1.165, 1.54) is 0 Å². The maximum absolute atomic E-state index is 12.6. The van der Waals surface area contributed by atoms with Crippen molar-refractivity contribution < 1.29 is 4.79 Å². The van der Waals surface area contributed by atoms with Crippen LogP contribution in [0, 0.1) is 17.8 Å². The van der Waals surface area contributed by atoms with Crippen LogP contribution in [-0.2, 0) is 4.79 Å². The lowest BCUT2D eigenvalue weighted by Crippen LogP contribution is -2.43. The Morgan fingerprint density at radius 3 is 2.37 bits per heavy atom. The summed E-state index contributed by atoms with van der Waals surface area (Å²) in [7, 11) is 0. The van der Waals surface area contributed by atoms with Crippen LogP contribution in [0.5, 0.6) is 0 Å². The predicted molar refractivity (Wildman–Crippen MR) is 84.3 cm³/mol. The molecular weight excluding hydrogens is 256 g/mol. The number of nitrogens with zero attached hydrogens (tertiary/aromatic N) is 1. The van der Waals surface area contributed by atoms with Gasteiger partial charge in [-0.3, -0.25) is 10.1 Å². The van der Waals surface area contributed by atoms with Crippen LogP contribution in [-0.4, -0.2) is 41.6 Å². The van der Waals surface area contributed by atoms with Crippen molar-refractivity contribution >= 4 is 17.7 Å². The molecule has 0 bridgehead atoms. The van der Waals surface area contributed by atoms with Crippen molar-refractivity contribution in [2.24, 2.45) is 17.8 Å². The molecule has 3 unspecified atom stereocenters. The van der Waals surface area contributed by atoms with Crippen LogP contribution in [0.3, 0.4) is 0 Å². The summed E-state index contributed by atoms with van der Waals surface area (Å²) in [6, 6.07) is 0.0221. The number of carbonyl (C=O) groups excluding carboxylic acids is 1. The van der Waals surface area contributed by atoms with Gasteiger partial charge in [-0.25, -0.2) is 0 Å². The summed E-state index contributed by atoms with van der Waals surface area (Å²) in [5.74, 6) is 2.99. The van der Waals surface area contributed by atoms with Gasteiger partial charge in [0.1, 0.15) is 0 Å². The average molecular weight is 286 g/mol. The van der Waals surface area contributed by atoms with E-state index in [4.69, 9.17) is 0 Å². The third-order valence-corrected chi connectivity index (χ3v) is 4.49. The van der Waals surface area contributed by atoms with Crippen LogP contribution in [0.1, 0.15) is 41.0 Å². The molecule has 0 aromatic rings. The number of hydrogen-bond acceptors (Lipinski definition) is 3. The zero-order chi connectivity index (χ0) is 14.6. The first-order chi connectivity index (χ1) is 8.86. The van der Waals surface area contributed by atoms with E-state index in [1.807, 2.05) is 11.8 Å². The Balaban J connectivity index is 2.71. The molecule has 0 aliphatic carbocycles. The lowest BCUT2D eigenvalue weighted by molar-refractivity contribution is -0.131. The van der Waals surface area contributed by atoms with Gasteiger partial charge in [0, 0.05) is 6.54 Å². The fourth-order valence-electron chi connectivity index (χ4n) is 2.77. The summed E-state index contributed by atoms with van der Waals surface area (Å²) >= 11 is 1.86. The fraction of sp³-hybridized carbons (Fsp3) is 0.933. The van der Waals surface area contributed by atoms with Crippen molar-refractivity contribution in [3.8, 4) is 0 Å². The third-order valence-electron chi connectivity index (χ3n) is 3.59. The van der Waals surface area contributed by atoms with E-state index in [1.54, 1.807) is 0 Å². The molecule has 0 radical (unpaired) electrons. The second-order valence-electron chi connectivity index (χ2n) is 6.59. The van der Waals surface area contributed by atoms with Crippen molar-refractivity contribution in [2.75, 3.05) is 18.6 Å². The highest BCUT2D eigenvalue weighted by molar-refractivity contribution is 7.98. The number of amides is 1. The highest BCUT2D eigenvalue weighted by atomic mass is 32.2. The molecule has 1 aliphatic heterocycles. The number of thioether (sulfide) groups is 1. The quantitative estimate of drug-likeness (QED) is 0.781. The molecule has 1 heterocycles. The molecule has 0 saturated carbocycles. The normalized spacial score (nSPS) is 25.7. The summed E-state index contributed by atoms with van der Waals surface area (Å²) in [6.45, 7) is 11.8. The van der Waals surface area contributed by atoms with Crippen LogP contribution in [0.25, 0.3) is 0 Å². The maximum atomic E-state index is 12.6. The maximum Gasteiger partial charge on any atom is 0.241 e. The van der Waals surface area contributed by atoms with Crippen molar-refractivity contribution in [3.63, 3.8) is 0 Å². The lowest BCUT2D eigenvalue weighted by Gasteiger charge is -2.29. The van der Waals surface area contributed by atoms with Crippen molar-refractivity contribution in [1.82, 2.24) is 10.2 Å². The van der Waals surface area contributed by atoms with Gasteiger partial charge in [0.05, 0.1) is 12.2 Å². The highest BCUT2D eigenvalue weighted by Gasteiger charge is 2.40. The highest BCUT2D eigenvalue weighted by Crippen LogP contribution is 2.23. The van der Waals surface area contributed by atoms with Crippen LogP contribution in [0.4, 0.5) is 0 Å². The summed E-state index contributed by atoms with van der Waals surface area (Å²) in [5.41, 5.74) is 0. The molecule has 0 aromatic heterocycles. The van der Waals surface area contributed by atoms with Gasteiger partial charge in [-0.15, -0.1) is 0 Å². The Hall–Kier alpha value is -0.220. The van der Waals surface area contributed by atoms with Gasteiger partial charge in [-0.05, 0) is 36.2 Å². The second kappa shape index (κ2) is 7.53. The SMILES string of the molecule is CSCC(C)CN1C(=O)C(CC(C)C)NC1C(C)C. The summed E-state index contributed by atoms with van der Waals surface area (Å²) in [6.07, 6.45) is 3.28. The zero-order valence-corrected chi connectivity index (χ0v) is 14.1. The molecule has 1 aliphatic rings. The number of nitrogens with one attached hydrogen (secondary N) is 1. The Kier molecular flexibility index (Phi) is 6.67. The molecule has 4 heteroatoms. The number of hydrogen-bond donors (Lipinski definition) is 1. The number of carbonyl (C=O) groups is 1. The van der Waals surface area contributed by atoms with Crippen molar-refractivity contribution in [2.45, 2.75) is 53.2 Å². The molecule has 1 saturated heterocycles. The van der Waals surface area contributed by atoms with Gasteiger partial charge in [0.2, 0.25) is 5.91 Å². The van der Waals surface area contributed by atoms with E-state index in [0.29, 0.717) is 23.7 Å². The van der Waals surface area contributed by atoms with Crippen LogP contribution in [0.2, 0.25) is 0 Å². The Morgan fingerprint density at radius 1 is 1.26 bits per heavy atom. The fourth-order valence-corrected chi connectivity index (χ4v) is 3.45. The van der Waals surface area contributed by atoms with Gasteiger partial charge < -0.3 is 4.90 Å². The largest absolute Gasteiger partial charge is 0.325 e. The molecule has 19 heavy (non-hydrogen) atoms. The predicted octanol–water partition coefficient (Wildman–Crippen LogP) is 2.81. The molecule has 3 atom stereocenters. The van der Waals surface area contributed by atoms with E-state index in [2.05, 4.69) is 51.1 Å². The van der Waals surface area contributed by atoms with Crippen molar-refractivity contribution in [1.29, 1.82) is 0 Å². The summed E-state index contributed by atoms with van der Waals surface area (Å²) < 4.78 is 0. The summed E-state index contributed by atoms with van der Waals surface area (Å²) in [4.78, 5) is 14.6. The molecule has 112 valence electrons. The van der Waals surface area contributed by atoms with Crippen LogP contribution < -0.4 is 5.32 Å². The Morgan fingerprint density at radius 2 is 1.89 bits per heavy atom. The molecule has 3 nitrogen and oxygen atoms in total. The van der Waals surface area contributed by atoms with Crippen molar-refractivity contribution in [3.05, 3.63) is 0 Å². The van der Waals surface area contributed by atoms with E-state index >= 15 is 0 Å². The van der Waals surface area contributed by atoms with Gasteiger partial charge in [0.15, 0.2) is 0 Å². The standard InChI is InChI=1S/C15H30N2OS/c1-10(2)7-13-15(18)17(8-12(5)9-19-6)14(16-13)11(3)4/h10-14,16H,7-9H2,1-6H3. The molecule has 1 rings (SSSR count).